The Bertz CT molecular complexity index is 503. The molecule has 1 aromatic carbocycles. The Balaban J connectivity index is 2.15. The van der Waals surface area contributed by atoms with Crippen LogP contribution < -0.4 is 4.90 Å². The number of carboxylic acid groups (broad SMARTS) is 1. The normalized spacial score (nSPS) is 18.9. The quantitative estimate of drug-likeness (QED) is 0.909. The van der Waals surface area contributed by atoms with Crippen LogP contribution in [0.15, 0.2) is 16.6 Å². The minimum atomic E-state index is -1.15. The van der Waals surface area contributed by atoms with Crippen LogP contribution in [0.4, 0.5) is 10.1 Å². The molecular weight excluding hydrogens is 329 g/mol. The topological polar surface area (TPSA) is 49.8 Å². The van der Waals surface area contributed by atoms with E-state index < -0.39 is 11.8 Å². The van der Waals surface area contributed by atoms with Crippen molar-refractivity contribution in [2.75, 3.05) is 25.1 Å². The summed E-state index contributed by atoms with van der Waals surface area (Å²) < 4.78 is 19.9. The maximum atomic E-state index is 14.2. The number of ether oxygens (including phenoxy) is 1. The van der Waals surface area contributed by atoms with Gasteiger partial charge >= 0.3 is 5.97 Å². The van der Waals surface area contributed by atoms with Gasteiger partial charge in [-0.15, -0.1) is 0 Å². The molecule has 1 N–H and O–H groups in total. The molecule has 2 rings (SSSR count). The van der Waals surface area contributed by atoms with E-state index in [1.165, 1.54) is 12.1 Å². The number of benzene rings is 1. The van der Waals surface area contributed by atoms with E-state index in [0.717, 1.165) is 25.9 Å². The summed E-state index contributed by atoms with van der Waals surface area (Å²) in [4.78, 5) is 12.7. The Morgan fingerprint density at radius 3 is 2.90 bits per heavy atom. The van der Waals surface area contributed by atoms with Gasteiger partial charge in [0.25, 0.3) is 0 Å². The Hall–Kier alpha value is -1.14. The molecule has 1 aliphatic rings. The molecule has 4 nitrogen and oxygen atoms in total. The molecule has 1 heterocycles. The smallest absolute Gasteiger partial charge is 0.336 e. The van der Waals surface area contributed by atoms with E-state index in [1.54, 1.807) is 11.9 Å². The van der Waals surface area contributed by atoms with E-state index in [0.29, 0.717) is 12.2 Å². The lowest BCUT2D eigenvalue weighted by atomic mass is 10.1. The fourth-order valence-electron chi connectivity index (χ4n) is 2.35. The molecule has 1 unspecified atom stereocenters. The number of carbonyl (C=O) groups is 1. The molecule has 1 fully saturated rings. The van der Waals surface area contributed by atoms with E-state index >= 15 is 0 Å². The first-order valence-corrected chi connectivity index (χ1v) is 7.34. The fraction of sp³-hybridized carbons (Fsp3) is 0.500. The second kappa shape index (κ2) is 6.54. The fourth-order valence-corrected chi connectivity index (χ4v) is 2.86. The zero-order valence-electron chi connectivity index (χ0n) is 11.2. The summed E-state index contributed by atoms with van der Waals surface area (Å²) in [5.41, 5.74) is 0.296. The molecule has 110 valence electrons. The maximum Gasteiger partial charge on any atom is 0.336 e. The molecule has 1 saturated heterocycles. The van der Waals surface area contributed by atoms with Gasteiger partial charge in [0.05, 0.1) is 21.8 Å². The third kappa shape index (κ3) is 3.30. The van der Waals surface area contributed by atoms with Gasteiger partial charge in [-0.1, -0.05) is 0 Å². The molecule has 0 bridgehead atoms. The van der Waals surface area contributed by atoms with Gasteiger partial charge in [0.15, 0.2) is 5.82 Å². The molecule has 0 aliphatic carbocycles. The summed E-state index contributed by atoms with van der Waals surface area (Å²) in [7, 11) is 1.78. The third-order valence-corrected chi connectivity index (χ3v) is 4.23. The van der Waals surface area contributed by atoms with E-state index in [2.05, 4.69) is 15.9 Å². The number of aromatic carboxylic acids is 1. The van der Waals surface area contributed by atoms with Crippen LogP contribution in [0.5, 0.6) is 0 Å². The highest BCUT2D eigenvalue weighted by Gasteiger charge is 2.21. The van der Waals surface area contributed by atoms with Crippen molar-refractivity contribution in [2.24, 2.45) is 0 Å². The van der Waals surface area contributed by atoms with Crippen LogP contribution in [0.25, 0.3) is 0 Å². The highest BCUT2D eigenvalue weighted by molar-refractivity contribution is 9.10. The summed E-state index contributed by atoms with van der Waals surface area (Å²) in [6, 6.07) is 2.90. The predicted octanol–water partition coefficient (Wildman–Crippen LogP) is 3.29. The van der Waals surface area contributed by atoms with Crippen molar-refractivity contribution in [3.8, 4) is 0 Å². The summed E-state index contributed by atoms with van der Waals surface area (Å²) in [5, 5.41) is 8.95. The van der Waals surface area contributed by atoms with Crippen LogP contribution in [-0.4, -0.2) is 37.4 Å². The Morgan fingerprint density at radius 1 is 1.55 bits per heavy atom. The Labute approximate surface area is 125 Å². The van der Waals surface area contributed by atoms with Crippen molar-refractivity contribution in [3.05, 3.63) is 28.0 Å². The summed E-state index contributed by atoms with van der Waals surface area (Å²) >= 11 is 3.01. The number of halogens is 2. The average Bonchev–Trinajstić information content (AvgIpc) is 2.42. The van der Waals surface area contributed by atoms with Gasteiger partial charge in [-0.2, -0.15) is 0 Å². The minimum absolute atomic E-state index is 0.0149. The van der Waals surface area contributed by atoms with E-state index in [1.807, 2.05) is 0 Å². The number of nitrogens with zero attached hydrogens (tertiary/aromatic N) is 1. The van der Waals surface area contributed by atoms with Crippen molar-refractivity contribution in [3.63, 3.8) is 0 Å². The van der Waals surface area contributed by atoms with Gasteiger partial charge in [-0.05, 0) is 47.3 Å². The highest BCUT2D eigenvalue weighted by Crippen LogP contribution is 2.29. The molecule has 0 radical (unpaired) electrons. The first kappa shape index (κ1) is 15.3. The molecule has 0 aromatic heterocycles. The van der Waals surface area contributed by atoms with Crippen molar-refractivity contribution in [1.82, 2.24) is 0 Å². The van der Waals surface area contributed by atoms with Crippen LogP contribution in [0.1, 0.15) is 29.6 Å². The lowest BCUT2D eigenvalue weighted by Gasteiger charge is -2.29. The third-order valence-electron chi connectivity index (χ3n) is 3.46. The monoisotopic (exact) mass is 345 g/mol. The van der Waals surface area contributed by atoms with Gasteiger partial charge < -0.3 is 14.7 Å². The average molecular weight is 346 g/mol. The van der Waals surface area contributed by atoms with E-state index in [-0.39, 0.29) is 16.1 Å². The van der Waals surface area contributed by atoms with Crippen LogP contribution >= 0.6 is 15.9 Å². The first-order valence-electron chi connectivity index (χ1n) is 6.54. The van der Waals surface area contributed by atoms with Crippen LogP contribution in [0.2, 0.25) is 0 Å². The van der Waals surface area contributed by atoms with E-state index in [4.69, 9.17) is 9.84 Å². The predicted molar refractivity (Wildman–Crippen MR) is 77.9 cm³/mol. The molecule has 0 amide bonds. The van der Waals surface area contributed by atoms with Crippen LogP contribution in [0, 0.1) is 5.82 Å². The van der Waals surface area contributed by atoms with Crippen molar-refractivity contribution < 1.29 is 19.0 Å². The van der Waals surface area contributed by atoms with Gasteiger partial charge in [0, 0.05) is 20.2 Å². The Kier molecular flexibility index (Phi) is 4.99. The van der Waals surface area contributed by atoms with Gasteiger partial charge in [-0.25, -0.2) is 9.18 Å². The largest absolute Gasteiger partial charge is 0.478 e. The molecular formula is C14H17BrFNO3. The maximum absolute atomic E-state index is 14.2. The lowest BCUT2D eigenvalue weighted by molar-refractivity contribution is 0.0215. The summed E-state index contributed by atoms with van der Waals surface area (Å²) in [5.74, 6) is -1.70. The van der Waals surface area contributed by atoms with Gasteiger partial charge in [0.1, 0.15) is 0 Å². The second-order valence-electron chi connectivity index (χ2n) is 4.93. The summed E-state index contributed by atoms with van der Waals surface area (Å²) in [6.07, 6.45) is 3.28. The number of rotatable bonds is 4. The molecule has 1 aromatic rings. The number of hydrogen-bond acceptors (Lipinski definition) is 3. The van der Waals surface area contributed by atoms with Crippen LogP contribution in [-0.2, 0) is 4.74 Å². The number of hydrogen-bond donors (Lipinski definition) is 1. The van der Waals surface area contributed by atoms with E-state index in [9.17, 15) is 9.18 Å². The van der Waals surface area contributed by atoms with Gasteiger partial charge in [0.2, 0.25) is 0 Å². The van der Waals surface area contributed by atoms with Crippen molar-refractivity contribution >= 4 is 27.6 Å². The highest BCUT2D eigenvalue weighted by atomic mass is 79.9. The molecule has 1 aliphatic heterocycles. The molecule has 0 spiro atoms. The number of likely N-dealkylation sites (N-methyl/N-ethyl adjacent to an activating group) is 1. The zero-order chi connectivity index (χ0) is 14.7. The first-order chi connectivity index (χ1) is 9.50. The minimum Gasteiger partial charge on any atom is -0.478 e. The molecule has 20 heavy (non-hydrogen) atoms. The summed E-state index contributed by atoms with van der Waals surface area (Å²) in [6.45, 7) is 1.35. The number of carboxylic acids is 1. The van der Waals surface area contributed by atoms with Crippen molar-refractivity contribution in [2.45, 2.75) is 25.4 Å². The van der Waals surface area contributed by atoms with Crippen molar-refractivity contribution in [1.29, 1.82) is 0 Å². The SMILES string of the molecule is CN(CC1CCCCO1)c1ccc(C(=O)O)c(Br)c1F. The zero-order valence-corrected chi connectivity index (χ0v) is 12.8. The number of anilines is 1. The molecule has 6 heteroatoms. The molecule has 0 saturated carbocycles. The Morgan fingerprint density at radius 2 is 2.30 bits per heavy atom. The lowest BCUT2D eigenvalue weighted by Crippen LogP contribution is -2.33. The standard InChI is InChI=1S/C14H17BrFNO3/c1-17(8-9-4-2-3-7-20-9)11-6-5-10(14(18)19)12(15)13(11)16/h5-6,9H,2-4,7-8H2,1H3,(H,18,19). The molecule has 1 atom stereocenters. The second-order valence-corrected chi connectivity index (χ2v) is 5.73. The van der Waals surface area contributed by atoms with Crippen LogP contribution in [0.3, 0.4) is 0 Å². The van der Waals surface area contributed by atoms with Gasteiger partial charge in [-0.3, -0.25) is 0 Å².